The predicted molar refractivity (Wildman–Crippen MR) is 113 cm³/mol. The molecule has 0 unspecified atom stereocenters. The molecule has 0 bridgehead atoms. The highest BCUT2D eigenvalue weighted by molar-refractivity contribution is 5.85. The van der Waals surface area contributed by atoms with Crippen LogP contribution in [0.15, 0.2) is 30.3 Å². The molecule has 0 spiro atoms. The van der Waals surface area contributed by atoms with Gasteiger partial charge >= 0.3 is 0 Å². The molecule has 2 N–H and O–H groups in total. The maximum atomic E-state index is 13.8. The first-order valence-corrected chi connectivity index (χ1v) is 9.08. The summed E-state index contributed by atoms with van der Waals surface area (Å²) in [5, 5.41) is 17.6. The first-order valence-electron chi connectivity index (χ1n) is 9.08. The summed E-state index contributed by atoms with van der Waals surface area (Å²) in [6, 6.07) is 8.13. The van der Waals surface area contributed by atoms with Gasteiger partial charge in [-0.05, 0) is 38.5 Å². The molecular weight excluding hydrogens is 397 g/mol. The van der Waals surface area contributed by atoms with Crippen molar-refractivity contribution in [3.05, 3.63) is 47.5 Å². The normalized spacial score (nSPS) is 11.7. The predicted octanol–water partition coefficient (Wildman–Crippen LogP) is 4.04. The number of rotatable bonds is 7. The van der Waals surface area contributed by atoms with Crippen molar-refractivity contribution in [3.8, 4) is 17.1 Å². The van der Waals surface area contributed by atoms with Crippen molar-refractivity contribution in [2.45, 2.75) is 39.8 Å². The summed E-state index contributed by atoms with van der Waals surface area (Å²) < 4.78 is 20.5. The van der Waals surface area contributed by atoms with E-state index in [1.165, 1.54) is 19.2 Å². The highest BCUT2D eigenvalue weighted by Crippen LogP contribution is 2.25. The zero-order valence-corrected chi connectivity index (χ0v) is 17.6. The minimum absolute atomic E-state index is 0. The largest absolute Gasteiger partial charge is 0.497 e. The molecule has 29 heavy (non-hydrogen) atoms. The Balaban J connectivity index is 0.00000300. The quantitative estimate of drug-likeness (QED) is 0.598. The first-order chi connectivity index (χ1) is 13.4. The molecule has 0 aliphatic rings. The molecule has 2 heterocycles. The number of hydrogen-bond donors (Lipinski definition) is 2. The zero-order chi connectivity index (χ0) is 20.3. The summed E-state index contributed by atoms with van der Waals surface area (Å²) in [5.41, 5.74) is 3.05. The number of hydrogen-bond acceptors (Lipinski definition) is 6. The number of nitrogens with one attached hydrogen (secondary N) is 1. The van der Waals surface area contributed by atoms with E-state index >= 15 is 0 Å². The van der Waals surface area contributed by atoms with Crippen LogP contribution in [0.3, 0.4) is 0 Å². The second-order valence-electron chi connectivity index (χ2n) is 6.65. The average Bonchev–Trinajstić information content (AvgIpc) is 3.02. The summed E-state index contributed by atoms with van der Waals surface area (Å²) in [6.45, 7) is 6.03. The molecule has 7 nitrogen and oxygen atoms in total. The first kappa shape index (κ1) is 22.6. The van der Waals surface area contributed by atoms with Gasteiger partial charge in [0.2, 0.25) is 5.95 Å². The van der Waals surface area contributed by atoms with Crippen molar-refractivity contribution in [3.63, 3.8) is 0 Å². The summed E-state index contributed by atoms with van der Waals surface area (Å²) >= 11 is 0. The maximum absolute atomic E-state index is 13.8. The van der Waals surface area contributed by atoms with Crippen molar-refractivity contribution in [2.75, 3.05) is 12.4 Å². The van der Waals surface area contributed by atoms with Gasteiger partial charge in [-0.2, -0.15) is 4.98 Å². The molecular formula is C20H25ClFN5O2. The summed E-state index contributed by atoms with van der Waals surface area (Å²) in [7, 11) is 1.48. The lowest BCUT2D eigenvalue weighted by molar-refractivity contribution is 0.146. The number of aromatic nitrogens is 4. The van der Waals surface area contributed by atoms with E-state index in [4.69, 9.17) is 4.74 Å². The fraction of sp³-hybridized carbons (Fsp3) is 0.350. The van der Waals surface area contributed by atoms with Gasteiger partial charge in [-0.1, -0.05) is 6.92 Å². The standard InChI is InChI=1S/C20H24FN5O2.ClH/c1-5-17(27)11-26-19(14-6-12(2)22-13(3)7-14)24-20(25-26)23-16-8-15(21)9-18(10-16)28-4;/h6-10,17,27H,5,11H2,1-4H3,(H,23,25);1H/t17-;/m0./s1. The van der Waals surface area contributed by atoms with E-state index in [9.17, 15) is 9.50 Å². The van der Waals surface area contributed by atoms with Crippen LogP contribution >= 0.6 is 12.4 Å². The highest BCUT2D eigenvalue weighted by Gasteiger charge is 2.16. The Hall–Kier alpha value is -2.71. The molecule has 3 aromatic rings. The Morgan fingerprint density at radius 3 is 2.45 bits per heavy atom. The lowest BCUT2D eigenvalue weighted by Crippen LogP contribution is -2.17. The maximum Gasteiger partial charge on any atom is 0.247 e. The van der Waals surface area contributed by atoms with Crippen molar-refractivity contribution >= 4 is 24.0 Å². The second-order valence-corrected chi connectivity index (χ2v) is 6.65. The van der Waals surface area contributed by atoms with Gasteiger partial charge in [-0.3, -0.25) is 4.98 Å². The van der Waals surface area contributed by atoms with Crippen LogP contribution in [0.2, 0.25) is 0 Å². The number of aryl methyl sites for hydroxylation is 2. The van der Waals surface area contributed by atoms with Crippen LogP contribution in [-0.4, -0.2) is 38.1 Å². The third-order valence-corrected chi connectivity index (χ3v) is 4.23. The molecule has 0 saturated carbocycles. The van der Waals surface area contributed by atoms with Crippen LogP contribution < -0.4 is 10.1 Å². The molecule has 0 fully saturated rings. The monoisotopic (exact) mass is 421 g/mol. The van der Waals surface area contributed by atoms with Gasteiger partial charge < -0.3 is 15.2 Å². The van der Waals surface area contributed by atoms with Crippen LogP contribution in [0.4, 0.5) is 16.0 Å². The third-order valence-electron chi connectivity index (χ3n) is 4.23. The van der Waals surface area contributed by atoms with Crippen LogP contribution in [0, 0.1) is 19.7 Å². The fourth-order valence-electron chi connectivity index (χ4n) is 2.91. The van der Waals surface area contributed by atoms with E-state index in [1.807, 2.05) is 32.9 Å². The lowest BCUT2D eigenvalue weighted by Gasteiger charge is -2.10. The van der Waals surface area contributed by atoms with E-state index in [1.54, 1.807) is 10.7 Å². The molecule has 0 aliphatic heterocycles. The number of benzene rings is 1. The van der Waals surface area contributed by atoms with Crippen molar-refractivity contribution in [1.29, 1.82) is 0 Å². The molecule has 156 valence electrons. The number of anilines is 2. The Labute approximate surface area is 175 Å². The average molecular weight is 422 g/mol. The summed E-state index contributed by atoms with van der Waals surface area (Å²) in [4.78, 5) is 8.96. The number of aliphatic hydroxyl groups excluding tert-OH is 1. The van der Waals surface area contributed by atoms with E-state index in [0.717, 1.165) is 17.0 Å². The van der Waals surface area contributed by atoms with Gasteiger partial charge in [-0.15, -0.1) is 17.5 Å². The molecule has 0 aliphatic carbocycles. The SMILES string of the molecule is CC[C@H](O)Cn1nc(Nc2cc(F)cc(OC)c2)nc1-c1cc(C)nc(C)c1.Cl. The Kier molecular flexibility index (Phi) is 7.53. The molecule has 2 aromatic heterocycles. The number of ether oxygens (including phenoxy) is 1. The van der Waals surface area contributed by atoms with Gasteiger partial charge in [0.25, 0.3) is 0 Å². The van der Waals surface area contributed by atoms with Crippen LogP contribution in [-0.2, 0) is 6.54 Å². The molecule has 0 amide bonds. The zero-order valence-electron chi connectivity index (χ0n) is 16.8. The minimum Gasteiger partial charge on any atom is -0.497 e. The van der Waals surface area contributed by atoms with Gasteiger partial charge in [0.1, 0.15) is 11.6 Å². The van der Waals surface area contributed by atoms with Gasteiger partial charge in [0.15, 0.2) is 5.82 Å². The Bertz CT molecular complexity index is 959. The number of halogens is 2. The minimum atomic E-state index is -0.549. The van der Waals surface area contributed by atoms with Crippen molar-refractivity contribution in [1.82, 2.24) is 19.7 Å². The van der Waals surface area contributed by atoms with Crippen LogP contribution in [0.1, 0.15) is 24.7 Å². The third kappa shape index (κ3) is 5.65. The highest BCUT2D eigenvalue weighted by atomic mass is 35.5. The van der Waals surface area contributed by atoms with Crippen molar-refractivity contribution in [2.24, 2.45) is 0 Å². The Morgan fingerprint density at radius 2 is 1.83 bits per heavy atom. The smallest absolute Gasteiger partial charge is 0.247 e. The number of pyridine rings is 1. The number of aliphatic hydroxyl groups is 1. The van der Waals surface area contributed by atoms with Gasteiger partial charge in [0.05, 0.1) is 19.8 Å². The van der Waals surface area contributed by atoms with Crippen molar-refractivity contribution < 1.29 is 14.2 Å². The molecule has 0 radical (unpaired) electrons. The Morgan fingerprint density at radius 1 is 1.14 bits per heavy atom. The summed E-state index contributed by atoms with van der Waals surface area (Å²) in [5.74, 6) is 0.872. The number of nitrogens with zero attached hydrogens (tertiary/aromatic N) is 4. The van der Waals surface area contributed by atoms with Crippen LogP contribution in [0.25, 0.3) is 11.4 Å². The molecule has 3 rings (SSSR count). The number of methoxy groups -OCH3 is 1. The molecule has 1 atom stereocenters. The van der Waals surface area contributed by atoms with Gasteiger partial charge in [0, 0.05) is 34.8 Å². The van der Waals surface area contributed by atoms with Crippen LogP contribution in [0.5, 0.6) is 5.75 Å². The second kappa shape index (κ2) is 9.67. The fourth-order valence-corrected chi connectivity index (χ4v) is 2.91. The van der Waals surface area contributed by atoms with Gasteiger partial charge in [-0.25, -0.2) is 9.07 Å². The van der Waals surface area contributed by atoms with E-state index in [2.05, 4.69) is 20.4 Å². The van der Waals surface area contributed by atoms with E-state index in [-0.39, 0.29) is 12.4 Å². The summed E-state index contributed by atoms with van der Waals surface area (Å²) in [6.07, 6.45) is 0.0454. The molecule has 1 aromatic carbocycles. The van der Waals surface area contributed by atoms with E-state index in [0.29, 0.717) is 36.2 Å². The molecule has 9 heteroatoms. The topological polar surface area (TPSA) is 85.1 Å². The lowest BCUT2D eigenvalue weighted by atomic mass is 10.2. The molecule has 0 saturated heterocycles. The van der Waals surface area contributed by atoms with E-state index < -0.39 is 11.9 Å².